The molecule has 102 valence electrons. The van der Waals surface area contributed by atoms with Crippen molar-refractivity contribution in [1.82, 2.24) is 4.90 Å². The highest BCUT2D eigenvalue weighted by atomic mass is 16.5. The van der Waals surface area contributed by atoms with Crippen LogP contribution < -0.4 is 4.74 Å². The van der Waals surface area contributed by atoms with Gasteiger partial charge in [0, 0.05) is 0 Å². The summed E-state index contributed by atoms with van der Waals surface area (Å²) in [7, 11) is 1.71. The second-order valence-corrected chi connectivity index (χ2v) is 5.34. The zero-order valence-electron chi connectivity index (χ0n) is 11.8. The third-order valence-corrected chi connectivity index (χ3v) is 4.04. The van der Waals surface area contributed by atoms with Crippen molar-refractivity contribution in [3.05, 3.63) is 29.8 Å². The van der Waals surface area contributed by atoms with Gasteiger partial charge in [-0.2, -0.15) is 5.26 Å². The van der Waals surface area contributed by atoms with Gasteiger partial charge in [0.15, 0.2) is 0 Å². The number of nitriles is 1. The lowest BCUT2D eigenvalue weighted by atomic mass is 9.89. The maximum absolute atomic E-state index is 8.94. The first-order valence-electron chi connectivity index (χ1n) is 6.99. The monoisotopic (exact) mass is 258 g/mol. The molecule has 0 N–H and O–H groups in total. The molecule has 0 unspecified atom stereocenters. The highest BCUT2D eigenvalue weighted by Crippen LogP contribution is 2.24. The lowest BCUT2D eigenvalue weighted by Gasteiger charge is -2.33. The van der Waals surface area contributed by atoms with Crippen molar-refractivity contribution in [2.24, 2.45) is 5.92 Å². The Morgan fingerprint density at radius 3 is 2.79 bits per heavy atom. The molecule has 0 radical (unpaired) electrons. The molecule has 1 heterocycles. The zero-order chi connectivity index (χ0) is 13.7. The summed E-state index contributed by atoms with van der Waals surface area (Å²) < 4.78 is 5.26. The topological polar surface area (TPSA) is 36.3 Å². The lowest BCUT2D eigenvalue weighted by molar-refractivity contribution is 0.165. The van der Waals surface area contributed by atoms with Crippen LogP contribution in [-0.4, -0.2) is 31.1 Å². The molecule has 1 aliphatic rings. The van der Waals surface area contributed by atoms with Crippen LogP contribution in [0.3, 0.4) is 0 Å². The molecule has 0 spiro atoms. The van der Waals surface area contributed by atoms with Crippen molar-refractivity contribution in [2.45, 2.75) is 32.2 Å². The van der Waals surface area contributed by atoms with Gasteiger partial charge in [-0.3, -0.25) is 4.90 Å². The Bertz CT molecular complexity index is 444. The van der Waals surface area contributed by atoms with Crippen LogP contribution in [0.25, 0.3) is 0 Å². The Labute approximate surface area is 115 Å². The first-order chi connectivity index (χ1) is 9.22. The minimum Gasteiger partial charge on any atom is -0.497 e. The fraction of sp³-hybridized carbons (Fsp3) is 0.562. The van der Waals surface area contributed by atoms with Crippen molar-refractivity contribution in [3.8, 4) is 11.8 Å². The predicted octanol–water partition coefficient (Wildman–Crippen LogP) is 2.86. The van der Waals surface area contributed by atoms with E-state index >= 15 is 0 Å². The molecular weight excluding hydrogens is 236 g/mol. The molecule has 1 aromatic carbocycles. The number of ether oxygens (including phenoxy) is 1. The predicted molar refractivity (Wildman–Crippen MR) is 76.1 cm³/mol. The number of nitrogens with zero attached hydrogens (tertiary/aromatic N) is 2. The number of methoxy groups -OCH3 is 1. The minimum atomic E-state index is 0.0535. The Morgan fingerprint density at radius 2 is 2.16 bits per heavy atom. The summed E-state index contributed by atoms with van der Waals surface area (Å²) in [5.74, 6) is 1.67. The van der Waals surface area contributed by atoms with Crippen molar-refractivity contribution < 1.29 is 4.74 Å². The molecule has 1 aromatic rings. The van der Waals surface area contributed by atoms with Gasteiger partial charge in [0.1, 0.15) is 5.75 Å². The third-order valence-electron chi connectivity index (χ3n) is 4.04. The Balaban J connectivity index is 1.87. The fourth-order valence-corrected chi connectivity index (χ4v) is 2.76. The van der Waals surface area contributed by atoms with E-state index in [-0.39, 0.29) is 6.04 Å². The highest BCUT2D eigenvalue weighted by molar-refractivity contribution is 5.28. The molecule has 2 rings (SSSR count). The van der Waals surface area contributed by atoms with Crippen LogP contribution in [0.4, 0.5) is 0 Å². The SMILES string of the molecule is COc1cccc(CC2CCN([C@@H](C)C#N)CC2)c1. The summed E-state index contributed by atoms with van der Waals surface area (Å²) >= 11 is 0. The average Bonchev–Trinajstić information content (AvgIpc) is 2.47. The van der Waals surface area contributed by atoms with Gasteiger partial charge in [0.05, 0.1) is 19.2 Å². The van der Waals surface area contributed by atoms with E-state index < -0.39 is 0 Å². The van der Waals surface area contributed by atoms with Gasteiger partial charge in [0.2, 0.25) is 0 Å². The molecule has 19 heavy (non-hydrogen) atoms. The van der Waals surface area contributed by atoms with Crippen LogP contribution in [0.5, 0.6) is 5.75 Å². The van der Waals surface area contributed by atoms with Crippen LogP contribution in [-0.2, 0) is 6.42 Å². The first-order valence-corrected chi connectivity index (χ1v) is 6.99. The summed E-state index contributed by atoms with van der Waals surface area (Å²) in [4.78, 5) is 2.28. The Hall–Kier alpha value is -1.53. The first kappa shape index (κ1) is 13.9. The van der Waals surface area contributed by atoms with Crippen LogP contribution in [0.15, 0.2) is 24.3 Å². The van der Waals surface area contributed by atoms with Gasteiger partial charge in [-0.25, -0.2) is 0 Å². The van der Waals surface area contributed by atoms with Gasteiger partial charge in [0.25, 0.3) is 0 Å². The third kappa shape index (κ3) is 3.71. The van der Waals surface area contributed by atoms with E-state index in [1.54, 1.807) is 7.11 Å². The van der Waals surface area contributed by atoms with Crippen LogP contribution >= 0.6 is 0 Å². The van der Waals surface area contributed by atoms with Gasteiger partial charge in [-0.15, -0.1) is 0 Å². The number of rotatable bonds is 4. The largest absolute Gasteiger partial charge is 0.497 e. The van der Waals surface area contributed by atoms with Gasteiger partial charge in [-0.05, 0) is 62.9 Å². The number of piperidine rings is 1. The molecule has 1 atom stereocenters. The van der Waals surface area contributed by atoms with E-state index in [1.165, 1.54) is 18.4 Å². The van der Waals surface area contributed by atoms with E-state index in [1.807, 2.05) is 13.0 Å². The van der Waals surface area contributed by atoms with Crippen LogP contribution in [0.1, 0.15) is 25.3 Å². The van der Waals surface area contributed by atoms with E-state index in [2.05, 4.69) is 29.2 Å². The molecule has 0 aromatic heterocycles. The van der Waals surface area contributed by atoms with Crippen molar-refractivity contribution in [3.63, 3.8) is 0 Å². The highest BCUT2D eigenvalue weighted by Gasteiger charge is 2.22. The van der Waals surface area contributed by atoms with E-state index in [0.29, 0.717) is 0 Å². The maximum Gasteiger partial charge on any atom is 0.119 e. The summed E-state index contributed by atoms with van der Waals surface area (Å²) in [6, 6.07) is 10.7. The Morgan fingerprint density at radius 1 is 1.42 bits per heavy atom. The summed E-state index contributed by atoms with van der Waals surface area (Å²) in [6.45, 7) is 4.08. The van der Waals surface area contributed by atoms with Crippen molar-refractivity contribution >= 4 is 0 Å². The summed E-state index contributed by atoms with van der Waals surface area (Å²) in [5, 5.41) is 8.94. The zero-order valence-corrected chi connectivity index (χ0v) is 11.8. The molecule has 1 aliphatic heterocycles. The Kier molecular flexibility index (Phi) is 4.81. The maximum atomic E-state index is 8.94. The van der Waals surface area contributed by atoms with E-state index in [4.69, 9.17) is 10.00 Å². The summed E-state index contributed by atoms with van der Waals surface area (Å²) in [5.41, 5.74) is 1.35. The van der Waals surface area contributed by atoms with Gasteiger partial charge in [-0.1, -0.05) is 12.1 Å². The molecule has 0 bridgehead atoms. The number of hydrogen-bond acceptors (Lipinski definition) is 3. The standard InChI is InChI=1S/C16H22N2O/c1-13(12-17)18-8-6-14(7-9-18)10-15-4-3-5-16(11-15)19-2/h3-5,11,13-14H,6-10H2,1-2H3/t13-/m0/s1. The minimum absolute atomic E-state index is 0.0535. The smallest absolute Gasteiger partial charge is 0.119 e. The molecule has 3 nitrogen and oxygen atoms in total. The number of benzene rings is 1. The van der Waals surface area contributed by atoms with Gasteiger partial charge >= 0.3 is 0 Å². The molecule has 1 saturated heterocycles. The molecule has 0 saturated carbocycles. The molecule has 1 fully saturated rings. The van der Waals surface area contributed by atoms with Crippen LogP contribution in [0.2, 0.25) is 0 Å². The lowest BCUT2D eigenvalue weighted by Crippen LogP contribution is -2.39. The second-order valence-electron chi connectivity index (χ2n) is 5.34. The van der Waals surface area contributed by atoms with Crippen molar-refractivity contribution in [2.75, 3.05) is 20.2 Å². The number of likely N-dealkylation sites (tertiary alicyclic amines) is 1. The molecule has 0 amide bonds. The van der Waals surface area contributed by atoms with Crippen molar-refractivity contribution in [1.29, 1.82) is 5.26 Å². The fourth-order valence-electron chi connectivity index (χ4n) is 2.76. The molecular formula is C16H22N2O. The summed E-state index contributed by atoms with van der Waals surface area (Å²) in [6.07, 6.45) is 3.48. The number of hydrogen-bond donors (Lipinski definition) is 0. The second kappa shape index (κ2) is 6.58. The molecule has 3 heteroatoms. The average molecular weight is 258 g/mol. The van der Waals surface area contributed by atoms with Crippen LogP contribution in [0, 0.1) is 17.2 Å². The quantitative estimate of drug-likeness (QED) is 0.833. The normalized spacial score (nSPS) is 18.8. The van der Waals surface area contributed by atoms with Gasteiger partial charge < -0.3 is 4.74 Å². The molecule has 0 aliphatic carbocycles. The van der Waals surface area contributed by atoms with E-state index in [9.17, 15) is 0 Å². The van der Waals surface area contributed by atoms with E-state index in [0.717, 1.165) is 31.2 Å².